The summed E-state index contributed by atoms with van der Waals surface area (Å²) in [5.74, 6) is 0.843. The highest BCUT2D eigenvalue weighted by atomic mass is 16.5. The summed E-state index contributed by atoms with van der Waals surface area (Å²) >= 11 is 0. The van der Waals surface area contributed by atoms with Gasteiger partial charge in [-0.25, -0.2) is 4.90 Å². The van der Waals surface area contributed by atoms with Crippen LogP contribution < -0.4 is 16.2 Å². The molecule has 1 aliphatic carbocycles. The number of rotatable bonds is 3. The summed E-state index contributed by atoms with van der Waals surface area (Å²) in [5.41, 5.74) is 14.7. The lowest BCUT2D eigenvalue weighted by atomic mass is 9.98. The Morgan fingerprint density at radius 2 is 2.14 bits per heavy atom. The Morgan fingerprint density at radius 1 is 1.33 bits per heavy atom. The maximum atomic E-state index is 6.09. The van der Waals surface area contributed by atoms with Crippen LogP contribution in [0.4, 0.5) is 0 Å². The molecular weight excluding hydrogens is 266 g/mol. The lowest BCUT2D eigenvalue weighted by molar-refractivity contribution is -0.0364. The predicted molar refractivity (Wildman–Crippen MR) is 80.9 cm³/mol. The number of benzene rings is 1. The van der Waals surface area contributed by atoms with Crippen molar-refractivity contribution in [3.05, 3.63) is 65.6 Å². The third kappa shape index (κ3) is 2.66. The van der Waals surface area contributed by atoms with Gasteiger partial charge in [-0.2, -0.15) is 0 Å². The van der Waals surface area contributed by atoms with E-state index in [-0.39, 0.29) is 6.04 Å². The van der Waals surface area contributed by atoms with Crippen molar-refractivity contribution in [2.24, 2.45) is 11.5 Å². The number of hydrogen-bond donors (Lipinski definition) is 2. The Labute approximate surface area is 124 Å². The van der Waals surface area contributed by atoms with Crippen molar-refractivity contribution in [3.8, 4) is 5.75 Å². The molecular formula is C16H19N3O2. The Balaban J connectivity index is 1.88. The molecule has 0 saturated heterocycles. The zero-order chi connectivity index (χ0) is 14.8. The maximum Gasteiger partial charge on any atom is 0.207 e. The molecule has 2 aliphatic rings. The fourth-order valence-electron chi connectivity index (χ4n) is 2.65. The van der Waals surface area contributed by atoms with E-state index in [1.165, 1.54) is 0 Å². The minimum Gasteiger partial charge on any atom is -0.496 e. The first-order chi connectivity index (χ1) is 10.2. The van der Waals surface area contributed by atoms with Gasteiger partial charge in [-0.1, -0.05) is 24.3 Å². The number of hydrogen-bond acceptors (Lipinski definition) is 5. The molecule has 5 heteroatoms. The van der Waals surface area contributed by atoms with Crippen LogP contribution in [0.3, 0.4) is 0 Å². The van der Waals surface area contributed by atoms with Gasteiger partial charge in [-0.05, 0) is 18.2 Å². The first-order valence-corrected chi connectivity index (χ1v) is 6.83. The minimum absolute atomic E-state index is 0.0611. The van der Waals surface area contributed by atoms with Crippen molar-refractivity contribution in [1.82, 2.24) is 4.90 Å². The van der Waals surface area contributed by atoms with Crippen LogP contribution in [0.15, 0.2) is 60.0 Å². The molecule has 1 aromatic rings. The Bertz CT molecular complexity index is 622. The van der Waals surface area contributed by atoms with E-state index >= 15 is 0 Å². The van der Waals surface area contributed by atoms with Gasteiger partial charge in [0.2, 0.25) is 6.35 Å². The van der Waals surface area contributed by atoms with Crippen LogP contribution in [0.5, 0.6) is 5.75 Å². The predicted octanol–water partition coefficient (Wildman–Crippen LogP) is 1.43. The average molecular weight is 285 g/mol. The highest BCUT2D eigenvalue weighted by Gasteiger charge is 2.31. The van der Waals surface area contributed by atoms with E-state index in [2.05, 4.69) is 4.90 Å². The van der Waals surface area contributed by atoms with Gasteiger partial charge in [-0.3, -0.25) is 5.73 Å². The number of nitrogens with two attached hydrogens (primary N) is 2. The molecule has 21 heavy (non-hydrogen) atoms. The van der Waals surface area contributed by atoms with Gasteiger partial charge in [0.25, 0.3) is 0 Å². The lowest BCUT2D eigenvalue weighted by Crippen LogP contribution is -2.51. The number of allylic oxidation sites excluding steroid dienone is 1. The monoisotopic (exact) mass is 285 g/mol. The van der Waals surface area contributed by atoms with Crippen LogP contribution in [0, 0.1) is 0 Å². The van der Waals surface area contributed by atoms with Crippen molar-refractivity contribution >= 4 is 0 Å². The van der Waals surface area contributed by atoms with E-state index in [0.29, 0.717) is 12.2 Å². The summed E-state index contributed by atoms with van der Waals surface area (Å²) in [6.45, 7) is 0.630. The second-order valence-electron chi connectivity index (χ2n) is 5.08. The number of para-hydroxylation sites is 1. The zero-order valence-electron chi connectivity index (χ0n) is 11.9. The smallest absolute Gasteiger partial charge is 0.207 e. The molecule has 0 bridgehead atoms. The molecule has 4 N–H and O–H groups in total. The van der Waals surface area contributed by atoms with E-state index in [4.69, 9.17) is 20.9 Å². The first kappa shape index (κ1) is 13.7. The van der Waals surface area contributed by atoms with E-state index in [9.17, 15) is 0 Å². The summed E-state index contributed by atoms with van der Waals surface area (Å²) < 4.78 is 10.9. The standard InChI is InChI=1S/C16H19N3O2/c1-20-15-5-3-2-4-11(15)9-19-14-7-6-13(17)8-12(14)10-21-16(19)18/h2-8,10,14,16H,9,17-18H2,1H3. The fourth-order valence-corrected chi connectivity index (χ4v) is 2.65. The normalized spacial score (nSPS) is 24.7. The van der Waals surface area contributed by atoms with Gasteiger partial charge in [0.1, 0.15) is 5.75 Å². The molecule has 110 valence electrons. The molecule has 1 aliphatic heterocycles. The van der Waals surface area contributed by atoms with Crippen molar-refractivity contribution in [2.75, 3.05) is 7.11 Å². The van der Waals surface area contributed by atoms with Crippen molar-refractivity contribution < 1.29 is 9.47 Å². The van der Waals surface area contributed by atoms with Gasteiger partial charge in [0.15, 0.2) is 0 Å². The third-order valence-electron chi connectivity index (χ3n) is 3.72. The number of nitrogens with zero attached hydrogens (tertiary/aromatic N) is 1. The second-order valence-corrected chi connectivity index (χ2v) is 5.08. The molecule has 0 fully saturated rings. The topological polar surface area (TPSA) is 73.7 Å². The number of fused-ring (bicyclic) bond motifs is 1. The highest BCUT2D eigenvalue weighted by molar-refractivity contribution is 5.41. The van der Waals surface area contributed by atoms with Crippen LogP contribution in [0.25, 0.3) is 0 Å². The van der Waals surface area contributed by atoms with E-state index in [0.717, 1.165) is 16.9 Å². The third-order valence-corrected chi connectivity index (χ3v) is 3.72. The molecule has 0 radical (unpaired) electrons. The Hall–Kier alpha value is -2.24. The van der Waals surface area contributed by atoms with Crippen molar-refractivity contribution in [1.29, 1.82) is 0 Å². The largest absolute Gasteiger partial charge is 0.496 e. The van der Waals surface area contributed by atoms with E-state index < -0.39 is 6.35 Å². The van der Waals surface area contributed by atoms with E-state index in [1.807, 2.05) is 42.5 Å². The maximum absolute atomic E-state index is 6.09. The summed E-state index contributed by atoms with van der Waals surface area (Å²) in [6, 6.07) is 7.96. The van der Waals surface area contributed by atoms with Crippen LogP contribution in [0.2, 0.25) is 0 Å². The first-order valence-electron chi connectivity index (χ1n) is 6.83. The van der Waals surface area contributed by atoms with Crippen LogP contribution >= 0.6 is 0 Å². The van der Waals surface area contributed by atoms with Gasteiger partial charge in [-0.15, -0.1) is 0 Å². The summed E-state index contributed by atoms with van der Waals surface area (Å²) in [4.78, 5) is 2.06. The quantitative estimate of drug-likeness (QED) is 0.879. The summed E-state index contributed by atoms with van der Waals surface area (Å²) in [5, 5.41) is 0. The minimum atomic E-state index is -0.499. The van der Waals surface area contributed by atoms with Crippen LogP contribution in [-0.2, 0) is 11.3 Å². The zero-order valence-corrected chi connectivity index (χ0v) is 11.9. The average Bonchev–Trinajstić information content (AvgIpc) is 2.50. The molecule has 1 aromatic carbocycles. The van der Waals surface area contributed by atoms with Crippen LogP contribution in [0.1, 0.15) is 5.56 Å². The highest BCUT2D eigenvalue weighted by Crippen LogP contribution is 2.29. The molecule has 2 atom stereocenters. The number of ether oxygens (including phenoxy) is 2. The van der Waals surface area contributed by atoms with Gasteiger partial charge >= 0.3 is 0 Å². The molecule has 2 unspecified atom stereocenters. The molecule has 1 heterocycles. The van der Waals surface area contributed by atoms with E-state index in [1.54, 1.807) is 13.4 Å². The molecule has 0 spiro atoms. The second kappa shape index (κ2) is 5.63. The van der Waals surface area contributed by atoms with Crippen molar-refractivity contribution in [2.45, 2.75) is 18.9 Å². The summed E-state index contributed by atoms with van der Waals surface area (Å²) in [7, 11) is 1.67. The summed E-state index contributed by atoms with van der Waals surface area (Å²) in [6.07, 6.45) is 7.03. The molecule has 0 amide bonds. The molecule has 5 nitrogen and oxygen atoms in total. The molecule has 0 aromatic heterocycles. The van der Waals surface area contributed by atoms with Crippen LogP contribution in [-0.4, -0.2) is 24.4 Å². The van der Waals surface area contributed by atoms with Gasteiger partial charge in [0, 0.05) is 23.4 Å². The SMILES string of the molecule is COc1ccccc1CN1C(N)OC=C2C=C(N)C=CC21. The lowest BCUT2D eigenvalue weighted by Gasteiger charge is -2.39. The Kier molecular flexibility index (Phi) is 3.68. The van der Waals surface area contributed by atoms with Crippen molar-refractivity contribution in [3.63, 3.8) is 0 Å². The Morgan fingerprint density at radius 3 is 2.95 bits per heavy atom. The fraction of sp³-hybridized carbons (Fsp3) is 0.250. The van der Waals surface area contributed by atoms with Gasteiger partial charge in [0.05, 0.1) is 19.4 Å². The molecule has 0 saturated carbocycles. The number of methoxy groups -OCH3 is 1. The molecule has 3 rings (SSSR count). The van der Waals surface area contributed by atoms with Gasteiger partial charge < -0.3 is 15.2 Å².